The number of halogens is 1. The third kappa shape index (κ3) is 4.32. The van der Waals surface area contributed by atoms with E-state index >= 15 is 0 Å². The Morgan fingerprint density at radius 2 is 1.93 bits per heavy atom. The fourth-order valence-electron chi connectivity index (χ4n) is 3.50. The van der Waals surface area contributed by atoms with Gasteiger partial charge in [-0.05, 0) is 42.3 Å². The molecule has 6 nitrogen and oxygen atoms in total. The van der Waals surface area contributed by atoms with Crippen LogP contribution in [0.4, 0.5) is 5.69 Å². The van der Waals surface area contributed by atoms with Gasteiger partial charge in [-0.15, -0.1) is 0 Å². The molecule has 3 aromatic rings. The van der Waals surface area contributed by atoms with E-state index in [4.69, 9.17) is 9.72 Å². The van der Waals surface area contributed by atoms with E-state index in [-0.39, 0.29) is 11.5 Å². The number of anilines is 1. The van der Waals surface area contributed by atoms with Gasteiger partial charge in [0, 0.05) is 29.2 Å². The Kier molecular flexibility index (Phi) is 6.29. The summed E-state index contributed by atoms with van der Waals surface area (Å²) < 4.78 is 7.71. The van der Waals surface area contributed by atoms with E-state index in [0.29, 0.717) is 16.7 Å². The van der Waals surface area contributed by atoms with Crippen molar-refractivity contribution >= 4 is 38.7 Å². The molecule has 0 saturated carbocycles. The van der Waals surface area contributed by atoms with Gasteiger partial charge in [-0.3, -0.25) is 4.79 Å². The van der Waals surface area contributed by atoms with Crippen LogP contribution in [0.2, 0.25) is 0 Å². The van der Waals surface area contributed by atoms with Crippen molar-refractivity contribution < 1.29 is 4.74 Å². The highest BCUT2D eigenvalue weighted by Crippen LogP contribution is 2.21. The Hall–Kier alpha value is -2.51. The van der Waals surface area contributed by atoms with Crippen molar-refractivity contribution in [3.8, 4) is 0 Å². The zero-order valence-electron chi connectivity index (χ0n) is 17.2. The minimum Gasteiger partial charge on any atom is -0.378 e. The number of benzene rings is 2. The number of ether oxygens (including phenoxy) is 1. The standard InChI is InChI=1S/C23H25BrN4O2/c1-3-16(2)22-26-21-9-6-18(24)14-20(21)23(29)28(22)25-15-17-4-7-19(8-5-17)27-10-12-30-13-11-27/h4-9,14-16H,3,10-13H2,1-2H3/t16-/m1/s1. The molecule has 1 aliphatic heterocycles. The van der Waals surface area contributed by atoms with Crippen LogP contribution in [0.3, 0.4) is 0 Å². The molecule has 30 heavy (non-hydrogen) atoms. The average Bonchev–Trinajstić information content (AvgIpc) is 2.79. The molecule has 0 amide bonds. The summed E-state index contributed by atoms with van der Waals surface area (Å²) in [6.07, 6.45) is 2.60. The van der Waals surface area contributed by atoms with Crippen molar-refractivity contribution in [3.63, 3.8) is 0 Å². The second-order valence-electron chi connectivity index (χ2n) is 7.49. The molecule has 0 radical (unpaired) electrons. The number of rotatable bonds is 5. The second kappa shape index (κ2) is 9.10. The van der Waals surface area contributed by atoms with Crippen LogP contribution < -0.4 is 10.5 Å². The summed E-state index contributed by atoms with van der Waals surface area (Å²) in [5.74, 6) is 0.796. The monoisotopic (exact) mass is 468 g/mol. The normalized spacial score (nSPS) is 15.8. The molecule has 0 N–H and O–H groups in total. The molecule has 0 unspecified atom stereocenters. The fourth-order valence-corrected chi connectivity index (χ4v) is 3.86. The zero-order valence-corrected chi connectivity index (χ0v) is 18.8. The lowest BCUT2D eigenvalue weighted by molar-refractivity contribution is 0.122. The number of hydrogen-bond donors (Lipinski definition) is 0. The van der Waals surface area contributed by atoms with Crippen LogP contribution in [0.5, 0.6) is 0 Å². The van der Waals surface area contributed by atoms with Crippen molar-refractivity contribution in [1.82, 2.24) is 9.66 Å². The molecule has 1 aliphatic rings. The summed E-state index contributed by atoms with van der Waals surface area (Å²) in [5, 5.41) is 5.09. The van der Waals surface area contributed by atoms with E-state index < -0.39 is 0 Å². The van der Waals surface area contributed by atoms with Crippen LogP contribution >= 0.6 is 15.9 Å². The smallest absolute Gasteiger partial charge is 0.282 e. The minimum atomic E-state index is -0.155. The van der Waals surface area contributed by atoms with Crippen LogP contribution in [0, 0.1) is 0 Å². The topological polar surface area (TPSA) is 59.7 Å². The SMILES string of the molecule is CC[C@@H](C)c1nc2ccc(Br)cc2c(=O)n1N=Cc1ccc(N2CCOCC2)cc1. The molecule has 0 spiro atoms. The fraction of sp³-hybridized carbons (Fsp3) is 0.348. The van der Waals surface area contributed by atoms with Gasteiger partial charge in [0.05, 0.1) is 30.3 Å². The lowest BCUT2D eigenvalue weighted by Crippen LogP contribution is -2.36. The maximum atomic E-state index is 13.2. The van der Waals surface area contributed by atoms with E-state index in [0.717, 1.165) is 42.8 Å². The molecular formula is C23H25BrN4O2. The highest BCUT2D eigenvalue weighted by atomic mass is 79.9. The number of fused-ring (bicyclic) bond motifs is 1. The summed E-state index contributed by atoms with van der Waals surface area (Å²) in [6, 6.07) is 13.8. The lowest BCUT2D eigenvalue weighted by atomic mass is 10.1. The summed E-state index contributed by atoms with van der Waals surface area (Å²) in [5.41, 5.74) is 2.64. The van der Waals surface area contributed by atoms with Gasteiger partial charge in [0.15, 0.2) is 0 Å². The molecule has 1 atom stereocenters. The van der Waals surface area contributed by atoms with E-state index in [1.165, 1.54) is 10.4 Å². The van der Waals surface area contributed by atoms with Crippen molar-refractivity contribution in [2.24, 2.45) is 5.10 Å². The van der Waals surface area contributed by atoms with Gasteiger partial charge in [0.1, 0.15) is 5.82 Å². The lowest BCUT2D eigenvalue weighted by Gasteiger charge is -2.28. The molecule has 1 aromatic heterocycles. The highest BCUT2D eigenvalue weighted by Gasteiger charge is 2.16. The van der Waals surface area contributed by atoms with E-state index in [1.54, 1.807) is 12.3 Å². The zero-order chi connectivity index (χ0) is 21.1. The first-order valence-electron chi connectivity index (χ1n) is 10.3. The van der Waals surface area contributed by atoms with Crippen LogP contribution in [0.25, 0.3) is 10.9 Å². The van der Waals surface area contributed by atoms with Gasteiger partial charge in [-0.25, -0.2) is 4.98 Å². The summed E-state index contributed by atoms with van der Waals surface area (Å²) in [6.45, 7) is 7.47. The Morgan fingerprint density at radius 1 is 1.20 bits per heavy atom. The van der Waals surface area contributed by atoms with E-state index in [9.17, 15) is 4.79 Å². The Morgan fingerprint density at radius 3 is 2.63 bits per heavy atom. The van der Waals surface area contributed by atoms with Gasteiger partial charge < -0.3 is 9.64 Å². The first-order chi connectivity index (χ1) is 14.6. The largest absolute Gasteiger partial charge is 0.378 e. The molecule has 7 heteroatoms. The van der Waals surface area contributed by atoms with Gasteiger partial charge in [0.2, 0.25) is 0 Å². The molecular weight excluding hydrogens is 444 g/mol. The molecule has 156 valence electrons. The first kappa shape index (κ1) is 20.8. The van der Waals surface area contributed by atoms with Crippen LogP contribution in [-0.4, -0.2) is 42.2 Å². The van der Waals surface area contributed by atoms with E-state index in [1.807, 2.05) is 24.3 Å². The van der Waals surface area contributed by atoms with Gasteiger partial charge in [-0.2, -0.15) is 9.78 Å². The molecule has 4 rings (SSSR count). The number of hydrogen-bond acceptors (Lipinski definition) is 5. The maximum absolute atomic E-state index is 13.2. The number of morpholine rings is 1. The maximum Gasteiger partial charge on any atom is 0.282 e. The third-order valence-corrected chi connectivity index (χ3v) is 5.97. The molecule has 0 bridgehead atoms. The molecule has 1 saturated heterocycles. The molecule has 1 fully saturated rings. The molecule has 2 aromatic carbocycles. The van der Waals surface area contributed by atoms with Crippen LogP contribution in [0.1, 0.15) is 37.6 Å². The first-order valence-corrected chi connectivity index (χ1v) is 11.1. The third-order valence-electron chi connectivity index (χ3n) is 5.48. The number of nitrogens with zero attached hydrogens (tertiary/aromatic N) is 4. The van der Waals surface area contributed by atoms with Crippen molar-refractivity contribution in [2.45, 2.75) is 26.2 Å². The van der Waals surface area contributed by atoms with Crippen LogP contribution in [-0.2, 0) is 4.74 Å². The Balaban J connectivity index is 1.69. The minimum absolute atomic E-state index is 0.117. The predicted octanol–water partition coefficient (Wildman–Crippen LogP) is 4.39. The van der Waals surface area contributed by atoms with Crippen LogP contribution in [0.15, 0.2) is 56.8 Å². The van der Waals surface area contributed by atoms with Crippen molar-refractivity contribution in [2.75, 3.05) is 31.2 Å². The predicted molar refractivity (Wildman–Crippen MR) is 125 cm³/mol. The Labute approximate surface area is 184 Å². The average molecular weight is 469 g/mol. The van der Waals surface area contributed by atoms with Gasteiger partial charge in [0.25, 0.3) is 5.56 Å². The van der Waals surface area contributed by atoms with Gasteiger partial charge >= 0.3 is 0 Å². The van der Waals surface area contributed by atoms with Crippen molar-refractivity contribution in [3.05, 3.63) is 68.7 Å². The highest BCUT2D eigenvalue weighted by molar-refractivity contribution is 9.10. The molecule has 0 aliphatic carbocycles. The summed E-state index contributed by atoms with van der Waals surface area (Å²) >= 11 is 3.44. The van der Waals surface area contributed by atoms with E-state index in [2.05, 4.69) is 51.9 Å². The quantitative estimate of drug-likeness (QED) is 0.520. The second-order valence-corrected chi connectivity index (χ2v) is 8.41. The van der Waals surface area contributed by atoms with Gasteiger partial charge in [-0.1, -0.05) is 41.9 Å². The Bertz CT molecular complexity index is 1120. The van der Waals surface area contributed by atoms with Crippen molar-refractivity contribution in [1.29, 1.82) is 0 Å². The summed E-state index contributed by atoms with van der Waals surface area (Å²) in [7, 11) is 0. The molecule has 2 heterocycles. The summed E-state index contributed by atoms with van der Waals surface area (Å²) in [4.78, 5) is 20.2. The number of aromatic nitrogens is 2.